The van der Waals surface area contributed by atoms with Crippen LogP contribution in [-0.4, -0.2) is 17.0 Å². The first kappa shape index (κ1) is 10.9. The van der Waals surface area contributed by atoms with Crippen LogP contribution in [0.4, 0.5) is 11.4 Å². The first-order valence-electron chi connectivity index (χ1n) is 6.03. The zero-order valence-corrected chi connectivity index (χ0v) is 10.2. The summed E-state index contributed by atoms with van der Waals surface area (Å²) in [7, 11) is 1.86. The van der Waals surface area contributed by atoms with Crippen molar-refractivity contribution < 1.29 is 4.79 Å². The van der Waals surface area contributed by atoms with Crippen LogP contribution >= 0.6 is 0 Å². The fourth-order valence-corrected chi connectivity index (χ4v) is 2.27. The molecule has 4 nitrogen and oxygen atoms in total. The Morgan fingerprint density at radius 1 is 1.39 bits per heavy atom. The molecule has 2 heterocycles. The van der Waals surface area contributed by atoms with Gasteiger partial charge in [0, 0.05) is 31.2 Å². The molecule has 0 spiro atoms. The lowest BCUT2D eigenvalue weighted by Gasteiger charge is -2.08. The lowest BCUT2D eigenvalue weighted by atomic mass is 10.1. The quantitative estimate of drug-likeness (QED) is 0.847. The van der Waals surface area contributed by atoms with Crippen molar-refractivity contribution in [3.05, 3.63) is 47.8 Å². The molecule has 2 N–H and O–H groups in total. The minimum atomic E-state index is -0.0755. The fraction of sp³-hybridized carbons (Fsp3) is 0.214. The number of aromatic nitrogens is 1. The number of nitrogens with one attached hydrogen (secondary N) is 2. The average Bonchev–Trinajstić information content (AvgIpc) is 2.96. The number of aryl methyl sites for hydroxylation is 1. The molecule has 0 bridgehead atoms. The van der Waals surface area contributed by atoms with E-state index in [4.69, 9.17) is 0 Å². The molecule has 18 heavy (non-hydrogen) atoms. The monoisotopic (exact) mass is 241 g/mol. The van der Waals surface area contributed by atoms with E-state index in [9.17, 15) is 4.79 Å². The second-order valence-electron chi connectivity index (χ2n) is 4.51. The van der Waals surface area contributed by atoms with Gasteiger partial charge in [-0.1, -0.05) is 0 Å². The summed E-state index contributed by atoms with van der Waals surface area (Å²) in [5.74, 6) is -0.0755. The molecule has 0 atom stereocenters. The lowest BCUT2D eigenvalue weighted by molar-refractivity contribution is 0.101. The molecule has 0 saturated carbocycles. The van der Waals surface area contributed by atoms with E-state index >= 15 is 0 Å². The number of carbonyl (C=O) groups excluding carboxylic acids is 1. The molecule has 1 aromatic heterocycles. The Labute approximate surface area is 106 Å². The summed E-state index contributed by atoms with van der Waals surface area (Å²) < 4.78 is 1.81. The zero-order chi connectivity index (χ0) is 12.5. The number of anilines is 2. The van der Waals surface area contributed by atoms with Crippen molar-refractivity contribution in [1.82, 2.24) is 4.57 Å². The summed E-state index contributed by atoms with van der Waals surface area (Å²) in [4.78, 5) is 12.0. The van der Waals surface area contributed by atoms with Crippen molar-refractivity contribution in [2.45, 2.75) is 6.42 Å². The number of benzene rings is 1. The molecule has 4 heteroatoms. The van der Waals surface area contributed by atoms with Crippen LogP contribution in [0.15, 0.2) is 36.5 Å². The molecule has 1 aromatic carbocycles. The molecular formula is C14H15N3O. The smallest absolute Gasteiger partial charge is 0.272 e. The fourth-order valence-electron chi connectivity index (χ4n) is 2.27. The van der Waals surface area contributed by atoms with Crippen molar-refractivity contribution >= 4 is 17.3 Å². The minimum absolute atomic E-state index is 0.0755. The Bertz CT molecular complexity index is 601. The Balaban J connectivity index is 1.81. The second-order valence-corrected chi connectivity index (χ2v) is 4.51. The van der Waals surface area contributed by atoms with Gasteiger partial charge in [0.15, 0.2) is 0 Å². The minimum Gasteiger partial charge on any atom is -0.384 e. The summed E-state index contributed by atoms with van der Waals surface area (Å²) in [6.45, 7) is 0.977. The first-order chi connectivity index (χ1) is 8.74. The van der Waals surface area contributed by atoms with Crippen molar-refractivity contribution in [3.8, 4) is 0 Å². The molecule has 3 rings (SSSR count). The van der Waals surface area contributed by atoms with Gasteiger partial charge in [-0.3, -0.25) is 4.79 Å². The van der Waals surface area contributed by atoms with Crippen LogP contribution in [0.2, 0.25) is 0 Å². The Morgan fingerprint density at radius 3 is 3.06 bits per heavy atom. The first-order valence-corrected chi connectivity index (χ1v) is 6.03. The van der Waals surface area contributed by atoms with E-state index < -0.39 is 0 Å². The predicted molar refractivity (Wildman–Crippen MR) is 72.0 cm³/mol. The number of amides is 1. The van der Waals surface area contributed by atoms with Gasteiger partial charge in [0.05, 0.1) is 0 Å². The van der Waals surface area contributed by atoms with Gasteiger partial charge in [0.1, 0.15) is 5.69 Å². The molecular weight excluding hydrogens is 226 g/mol. The van der Waals surface area contributed by atoms with Crippen LogP contribution < -0.4 is 10.6 Å². The molecule has 2 aromatic rings. The highest BCUT2D eigenvalue weighted by Crippen LogP contribution is 2.25. The summed E-state index contributed by atoms with van der Waals surface area (Å²) in [5, 5.41) is 6.23. The van der Waals surface area contributed by atoms with E-state index in [1.165, 1.54) is 11.3 Å². The lowest BCUT2D eigenvalue weighted by Crippen LogP contribution is -2.15. The van der Waals surface area contributed by atoms with Crippen molar-refractivity contribution in [2.75, 3.05) is 17.2 Å². The number of rotatable bonds is 2. The van der Waals surface area contributed by atoms with Gasteiger partial charge in [-0.15, -0.1) is 0 Å². The van der Waals surface area contributed by atoms with Gasteiger partial charge in [0.25, 0.3) is 5.91 Å². The zero-order valence-electron chi connectivity index (χ0n) is 10.2. The molecule has 0 unspecified atom stereocenters. The van der Waals surface area contributed by atoms with Crippen molar-refractivity contribution in [2.24, 2.45) is 7.05 Å². The van der Waals surface area contributed by atoms with Gasteiger partial charge in [-0.25, -0.2) is 0 Å². The highest BCUT2D eigenvalue weighted by molar-refractivity contribution is 6.03. The molecule has 1 aliphatic rings. The van der Waals surface area contributed by atoms with Gasteiger partial charge >= 0.3 is 0 Å². The summed E-state index contributed by atoms with van der Waals surface area (Å²) in [6, 6.07) is 9.66. The van der Waals surface area contributed by atoms with Gasteiger partial charge in [-0.2, -0.15) is 0 Å². The predicted octanol–water partition coefficient (Wildman–Crippen LogP) is 2.25. The van der Waals surface area contributed by atoms with E-state index in [0.717, 1.165) is 18.7 Å². The molecule has 0 aliphatic carbocycles. The third kappa shape index (κ3) is 1.86. The van der Waals surface area contributed by atoms with E-state index in [1.54, 1.807) is 0 Å². The SMILES string of the molecule is Cn1cccc1C(=O)Nc1ccc2c(c1)CCN2. The van der Waals surface area contributed by atoms with E-state index in [2.05, 4.69) is 10.6 Å². The molecule has 0 fully saturated rings. The number of hydrogen-bond acceptors (Lipinski definition) is 2. The van der Waals surface area contributed by atoms with E-state index in [1.807, 2.05) is 48.1 Å². The van der Waals surface area contributed by atoms with Gasteiger partial charge in [-0.05, 0) is 42.3 Å². The highest BCUT2D eigenvalue weighted by atomic mass is 16.1. The van der Waals surface area contributed by atoms with E-state index in [0.29, 0.717) is 5.69 Å². The molecule has 0 radical (unpaired) electrons. The third-order valence-electron chi connectivity index (χ3n) is 3.25. The van der Waals surface area contributed by atoms with Crippen LogP contribution in [0, 0.1) is 0 Å². The van der Waals surface area contributed by atoms with Crippen molar-refractivity contribution in [1.29, 1.82) is 0 Å². The largest absolute Gasteiger partial charge is 0.384 e. The molecule has 1 aliphatic heterocycles. The van der Waals surface area contributed by atoms with Crippen LogP contribution in [0.5, 0.6) is 0 Å². The maximum absolute atomic E-state index is 12.0. The van der Waals surface area contributed by atoms with Crippen LogP contribution in [0.25, 0.3) is 0 Å². The maximum atomic E-state index is 12.0. The summed E-state index contributed by atoms with van der Waals surface area (Å²) in [6.07, 6.45) is 2.88. The molecule has 1 amide bonds. The Hall–Kier alpha value is -2.23. The topological polar surface area (TPSA) is 46.1 Å². The second kappa shape index (κ2) is 4.22. The summed E-state index contributed by atoms with van der Waals surface area (Å²) in [5.41, 5.74) is 3.95. The number of hydrogen-bond donors (Lipinski definition) is 2. The van der Waals surface area contributed by atoms with Crippen LogP contribution in [0.3, 0.4) is 0 Å². The van der Waals surface area contributed by atoms with Gasteiger partial charge in [0.2, 0.25) is 0 Å². The third-order valence-corrected chi connectivity index (χ3v) is 3.25. The Morgan fingerprint density at radius 2 is 2.28 bits per heavy atom. The molecule has 92 valence electrons. The van der Waals surface area contributed by atoms with Crippen LogP contribution in [0.1, 0.15) is 16.1 Å². The average molecular weight is 241 g/mol. The van der Waals surface area contributed by atoms with Gasteiger partial charge < -0.3 is 15.2 Å². The van der Waals surface area contributed by atoms with Crippen LogP contribution in [-0.2, 0) is 13.5 Å². The van der Waals surface area contributed by atoms with E-state index in [-0.39, 0.29) is 5.91 Å². The number of nitrogens with zero attached hydrogens (tertiary/aromatic N) is 1. The summed E-state index contributed by atoms with van der Waals surface area (Å²) >= 11 is 0. The maximum Gasteiger partial charge on any atom is 0.272 e. The number of fused-ring (bicyclic) bond motifs is 1. The molecule has 0 saturated heterocycles. The number of carbonyl (C=O) groups is 1. The standard InChI is InChI=1S/C14H15N3O/c1-17-8-2-3-13(17)14(18)16-11-4-5-12-10(9-11)6-7-15-12/h2-5,8-9,15H,6-7H2,1H3,(H,16,18). The van der Waals surface area contributed by atoms with Crippen molar-refractivity contribution in [3.63, 3.8) is 0 Å². The Kier molecular flexibility index (Phi) is 2.55. The highest BCUT2D eigenvalue weighted by Gasteiger charge is 2.12. The normalized spacial score (nSPS) is 12.9.